The fraction of sp³-hybridized carbons (Fsp3) is 0.700. The van der Waals surface area contributed by atoms with Crippen molar-refractivity contribution in [2.75, 3.05) is 40.1 Å². The molecular formula is C10H17IN2O3. The largest absolute Gasteiger partial charge is 0.382 e. The van der Waals surface area contributed by atoms with Crippen molar-refractivity contribution in [3.05, 3.63) is 16.0 Å². The summed E-state index contributed by atoms with van der Waals surface area (Å²) in [6, 6.07) is 1.97. The van der Waals surface area contributed by atoms with Crippen LogP contribution in [0.2, 0.25) is 0 Å². The van der Waals surface area contributed by atoms with Crippen LogP contribution in [0, 0.1) is 3.70 Å². The number of hydrogen-bond acceptors (Lipinski definition) is 4. The van der Waals surface area contributed by atoms with Crippen LogP contribution in [0.15, 0.2) is 12.3 Å². The molecule has 0 bridgehead atoms. The second kappa shape index (κ2) is 8.91. The number of ether oxygens (including phenoxy) is 3. The minimum absolute atomic E-state index is 0.611. The highest BCUT2D eigenvalue weighted by atomic mass is 127. The van der Waals surface area contributed by atoms with E-state index in [0.717, 1.165) is 10.2 Å². The molecule has 0 aliphatic carbocycles. The van der Waals surface area contributed by atoms with Crippen molar-refractivity contribution in [2.24, 2.45) is 0 Å². The van der Waals surface area contributed by atoms with Crippen molar-refractivity contribution < 1.29 is 14.2 Å². The fourth-order valence-corrected chi connectivity index (χ4v) is 1.52. The molecule has 0 fully saturated rings. The zero-order valence-electron chi connectivity index (χ0n) is 9.39. The van der Waals surface area contributed by atoms with E-state index in [1.165, 1.54) is 0 Å². The maximum atomic E-state index is 5.40. The third kappa shape index (κ3) is 6.41. The van der Waals surface area contributed by atoms with Crippen LogP contribution in [0.3, 0.4) is 0 Å². The first kappa shape index (κ1) is 13.9. The summed E-state index contributed by atoms with van der Waals surface area (Å²) in [4.78, 5) is 0. The van der Waals surface area contributed by atoms with Gasteiger partial charge in [-0.15, -0.1) is 0 Å². The van der Waals surface area contributed by atoms with Crippen LogP contribution in [0.5, 0.6) is 0 Å². The molecular weight excluding hydrogens is 323 g/mol. The number of hydrogen-bond donors (Lipinski definition) is 0. The molecule has 0 N–H and O–H groups in total. The first-order valence-corrected chi connectivity index (χ1v) is 6.24. The predicted octanol–water partition coefficient (Wildman–Crippen LogP) is 1.17. The molecule has 0 radical (unpaired) electrons. The zero-order chi connectivity index (χ0) is 11.6. The lowest BCUT2D eigenvalue weighted by molar-refractivity contribution is 0.0225. The minimum Gasteiger partial charge on any atom is -0.382 e. The Morgan fingerprint density at radius 2 is 1.88 bits per heavy atom. The van der Waals surface area contributed by atoms with E-state index in [0.29, 0.717) is 33.0 Å². The second-order valence-corrected chi connectivity index (χ2v) is 4.22. The standard InChI is InChI=1S/C10H17IN2O3/c1-14-6-7-16-9-8-15-5-4-13-3-2-10(11)12-13/h2-3H,4-9H2,1H3. The van der Waals surface area contributed by atoms with Gasteiger partial charge in [-0.2, -0.15) is 5.10 Å². The summed E-state index contributed by atoms with van der Waals surface area (Å²) < 4.78 is 18.4. The smallest absolute Gasteiger partial charge is 0.123 e. The normalized spacial score (nSPS) is 10.9. The molecule has 0 aliphatic heterocycles. The van der Waals surface area contributed by atoms with E-state index in [1.54, 1.807) is 7.11 Å². The van der Waals surface area contributed by atoms with E-state index >= 15 is 0 Å². The molecule has 1 rings (SSSR count). The molecule has 16 heavy (non-hydrogen) atoms. The average Bonchev–Trinajstić information content (AvgIpc) is 2.68. The Balaban J connectivity index is 1.88. The van der Waals surface area contributed by atoms with Crippen molar-refractivity contribution in [2.45, 2.75) is 6.54 Å². The Hall–Kier alpha value is -0.180. The zero-order valence-corrected chi connectivity index (χ0v) is 11.6. The Labute approximate surface area is 109 Å². The van der Waals surface area contributed by atoms with Gasteiger partial charge in [0.2, 0.25) is 0 Å². The van der Waals surface area contributed by atoms with E-state index in [-0.39, 0.29) is 0 Å². The van der Waals surface area contributed by atoms with Crippen LogP contribution in [0.4, 0.5) is 0 Å². The summed E-state index contributed by atoms with van der Waals surface area (Å²) in [5.74, 6) is 0. The number of nitrogens with zero attached hydrogens (tertiary/aromatic N) is 2. The second-order valence-electron chi connectivity index (χ2n) is 3.12. The molecule has 0 unspecified atom stereocenters. The van der Waals surface area contributed by atoms with E-state index in [4.69, 9.17) is 14.2 Å². The molecule has 0 saturated carbocycles. The predicted molar refractivity (Wildman–Crippen MR) is 68.5 cm³/mol. The van der Waals surface area contributed by atoms with Gasteiger partial charge in [-0.3, -0.25) is 4.68 Å². The quantitative estimate of drug-likeness (QED) is 0.500. The highest BCUT2D eigenvalue weighted by Crippen LogP contribution is 1.98. The molecule has 5 nitrogen and oxygen atoms in total. The van der Waals surface area contributed by atoms with Gasteiger partial charge >= 0.3 is 0 Å². The average molecular weight is 340 g/mol. The molecule has 0 aromatic carbocycles. The van der Waals surface area contributed by atoms with Gasteiger partial charge in [-0.05, 0) is 28.7 Å². The van der Waals surface area contributed by atoms with Crippen LogP contribution >= 0.6 is 22.6 Å². The Kier molecular flexibility index (Phi) is 7.73. The van der Waals surface area contributed by atoms with E-state index in [2.05, 4.69) is 27.7 Å². The maximum Gasteiger partial charge on any atom is 0.123 e. The van der Waals surface area contributed by atoms with Gasteiger partial charge in [0.25, 0.3) is 0 Å². The van der Waals surface area contributed by atoms with Gasteiger partial charge in [-0.25, -0.2) is 0 Å². The third-order valence-electron chi connectivity index (χ3n) is 1.88. The van der Waals surface area contributed by atoms with Gasteiger partial charge in [0, 0.05) is 13.3 Å². The van der Waals surface area contributed by atoms with Crippen LogP contribution in [-0.2, 0) is 20.8 Å². The lowest BCUT2D eigenvalue weighted by Gasteiger charge is -2.05. The Morgan fingerprint density at radius 3 is 2.50 bits per heavy atom. The van der Waals surface area contributed by atoms with E-state index in [1.807, 2.05) is 16.9 Å². The summed E-state index contributed by atoms with van der Waals surface area (Å²) >= 11 is 2.18. The van der Waals surface area contributed by atoms with Gasteiger partial charge in [0.05, 0.1) is 39.6 Å². The lowest BCUT2D eigenvalue weighted by atomic mass is 10.6. The lowest BCUT2D eigenvalue weighted by Crippen LogP contribution is -2.12. The SMILES string of the molecule is COCCOCCOCCn1ccc(I)n1. The molecule has 0 saturated heterocycles. The van der Waals surface area contributed by atoms with Crippen LogP contribution < -0.4 is 0 Å². The topological polar surface area (TPSA) is 45.5 Å². The number of methoxy groups -OCH3 is 1. The molecule has 0 spiro atoms. The molecule has 0 aliphatic rings. The molecule has 6 heteroatoms. The number of halogens is 1. The van der Waals surface area contributed by atoms with Crippen LogP contribution in [0.1, 0.15) is 0 Å². The van der Waals surface area contributed by atoms with Crippen LogP contribution in [0.25, 0.3) is 0 Å². The van der Waals surface area contributed by atoms with Crippen molar-refractivity contribution in [3.63, 3.8) is 0 Å². The monoisotopic (exact) mass is 340 g/mol. The van der Waals surface area contributed by atoms with Gasteiger partial charge in [0.15, 0.2) is 0 Å². The highest BCUT2D eigenvalue weighted by Gasteiger charge is 1.95. The van der Waals surface area contributed by atoms with Gasteiger partial charge in [-0.1, -0.05) is 0 Å². The summed E-state index contributed by atoms with van der Waals surface area (Å²) in [5, 5.41) is 4.24. The maximum absolute atomic E-state index is 5.40. The van der Waals surface area contributed by atoms with Crippen LogP contribution in [-0.4, -0.2) is 49.9 Å². The van der Waals surface area contributed by atoms with E-state index < -0.39 is 0 Å². The molecule has 1 heterocycles. The third-order valence-corrected chi connectivity index (χ3v) is 2.45. The fourth-order valence-electron chi connectivity index (χ4n) is 1.08. The molecule has 1 aromatic heterocycles. The molecule has 1 aromatic rings. The van der Waals surface area contributed by atoms with Crippen molar-refractivity contribution >= 4 is 22.6 Å². The first-order chi connectivity index (χ1) is 7.83. The first-order valence-electron chi connectivity index (χ1n) is 5.16. The summed E-state index contributed by atoms with van der Waals surface area (Å²) in [6.07, 6.45) is 1.94. The molecule has 0 atom stereocenters. The summed E-state index contributed by atoms with van der Waals surface area (Å²) in [6.45, 7) is 3.91. The highest BCUT2D eigenvalue weighted by molar-refractivity contribution is 14.1. The molecule has 0 amide bonds. The summed E-state index contributed by atoms with van der Waals surface area (Å²) in [5.41, 5.74) is 0. The van der Waals surface area contributed by atoms with Crippen molar-refractivity contribution in [1.29, 1.82) is 0 Å². The van der Waals surface area contributed by atoms with Gasteiger partial charge < -0.3 is 14.2 Å². The Morgan fingerprint density at radius 1 is 1.19 bits per heavy atom. The van der Waals surface area contributed by atoms with Crippen molar-refractivity contribution in [1.82, 2.24) is 9.78 Å². The minimum atomic E-state index is 0.611. The van der Waals surface area contributed by atoms with E-state index in [9.17, 15) is 0 Å². The summed E-state index contributed by atoms with van der Waals surface area (Å²) in [7, 11) is 1.66. The van der Waals surface area contributed by atoms with Gasteiger partial charge in [0.1, 0.15) is 3.70 Å². The number of rotatable bonds is 9. The van der Waals surface area contributed by atoms with Crippen molar-refractivity contribution in [3.8, 4) is 0 Å². The number of aromatic nitrogens is 2. The molecule has 92 valence electrons. The Bertz CT molecular complexity index is 281.